The molecule has 1 saturated carbocycles. The lowest BCUT2D eigenvalue weighted by atomic mass is 9.80. The van der Waals surface area contributed by atoms with Crippen LogP contribution in [-0.2, 0) is 18.4 Å². The van der Waals surface area contributed by atoms with E-state index in [1.54, 1.807) is 12.1 Å². The maximum Gasteiger partial charge on any atom is 0.123 e. The number of thiophene rings is 1. The molecule has 0 aliphatic heterocycles. The van der Waals surface area contributed by atoms with Crippen LogP contribution in [0.2, 0.25) is 0 Å². The number of aliphatic hydroxyl groups is 1. The van der Waals surface area contributed by atoms with E-state index in [4.69, 9.17) is 0 Å². The van der Waals surface area contributed by atoms with Gasteiger partial charge in [-0.3, -0.25) is 0 Å². The first kappa shape index (κ1) is 20.5. The Morgan fingerprint density at radius 1 is 1.19 bits per heavy atom. The van der Waals surface area contributed by atoms with Crippen molar-refractivity contribution >= 4 is 11.3 Å². The second kappa shape index (κ2) is 9.31. The highest BCUT2D eigenvalue weighted by Gasteiger charge is 2.35. The number of rotatable bonds is 8. The van der Waals surface area contributed by atoms with Crippen LogP contribution in [0, 0.1) is 12.7 Å². The van der Waals surface area contributed by atoms with Crippen molar-refractivity contribution in [2.75, 3.05) is 6.54 Å². The summed E-state index contributed by atoms with van der Waals surface area (Å²) in [5.74, 6) is -0.191. The van der Waals surface area contributed by atoms with Crippen molar-refractivity contribution in [2.45, 2.75) is 76.9 Å². The summed E-state index contributed by atoms with van der Waals surface area (Å²) in [6.07, 6.45) is 8.09. The minimum atomic E-state index is -0.419. The molecule has 148 valence electrons. The van der Waals surface area contributed by atoms with Gasteiger partial charge in [0.1, 0.15) is 5.82 Å². The highest BCUT2D eigenvalue weighted by molar-refractivity contribution is 7.12. The number of aryl methyl sites for hydroxylation is 3. The number of aliphatic hydroxyl groups excluding tert-OH is 1. The van der Waals surface area contributed by atoms with Crippen LogP contribution in [0.4, 0.5) is 4.39 Å². The predicted molar refractivity (Wildman–Crippen MR) is 112 cm³/mol. The minimum absolute atomic E-state index is 0.0206. The van der Waals surface area contributed by atoms with E-state index in [2.05, 4.69) is 24.4 Å². The van der Waals surface area contributed by atoms with Crippen molar-refractivity contribution in [3.63, 3.8) is 0 Å². The predicted octanol–water partition coefficient (Wildman–Crippen LogP) is 5.50. The lowest BCUT2D eigenvalue weighted by molar-refractivity contribution is 0.133. The van der Waals surface area contributed by atoms with Gasteiger partial charge in [0.25, 0.3) is 0 Å². The Kier molecular flexibility index (Phi) is 7.07. The quantitative estimate of drug-likeness (QED) is 0.625. The molecule has 2 nitrogen and oxygen atoms in total. The maximum absolute atomic E-state index is 13.5. The number of halogens is 1. The Morgan fingerprint density at radius 2 is 1.96 bits per heavy atom. The summed E-state index contributed by atoms with van der Waals surface area (Å²) >= 11 is 1.92. The van der Waals surface area contributed by atoms with E-state index in [0.717, 1.165) is 30.4 Å². The fraction of sp³-hybridized carbons (Fsp3) is 0.565. The molecule has 1 aromatic heterocycles. The minimum Gasteiger partial charge on any atom is -0.392 e. The zero-order valence-electron chi connectivity index (χ0n) is 16.6. The molecule has 0 unspecified atom stereocenters. The van der Waals surface area contributed by atoms with E-state index >= 15 is 0 Å². The zero-order chi connectivity index (χ0) is 19.3. The van der Waals surface area contributed by atoms with Gasteiger partial charge in [0.05, 0.1) is 11.6 Å². The van der Waals surface area contributed by atoms with E-state index in [1.165, 1.54) is 29.0 Å². The fourth-order valence-corrected chi connectivity index (χ4v) is 5.37. The summed E-state index contributed by atoms with van der Waals surface area (Å²) in [4.78, 5) is 2.85. The molecule has 2 N–H and O–H groups in total. The van der Waals surface area contributed by atoms with E-state index < -0.39 is 6.10 Å². The second-order valence-electron chi connectivity index (χ2n) is 7.97. The third-order valence-corrected chi connectivity index (χ3v) is 7.17. The molecule has 1 aromatic carbocycles. The number of nitrogens with one attached hydrogen (secondary N) is 1. The van der Waals surface area contributed by atoms with E-state index in [9.17, 15) is 9.50 Å². The molecule has 0 saturated heterocycles. The van der Waals surface area contributed by atoms with Crippen LogP contribution in [0.5, 0.6) is 0 Å². The van der Waals surface area contributed by atoms with E-state index in [-0.39, 0.29) is 11.4 Å². The van der Waals surface area contributed by atoms with Crippen LogP contribution in [0.1, 0.15) is 66.3 Å². The number of hydrogen-bond acceptors (Lipinski definition) is 3. The normalized spacial score (nSPS) is 17.8. The molecule has 0 bridgehead atoms. The molecule has 3 rings (SSSR count). The smallest absolute Gasteiger partial charge is 0.123 e. The van der Waals surface area contributed by atoms with Crippen molar-refractivity contribution < 1.29 is 9.50 Å². The van der Waals surface area contributed by atoms with E-state index in [1.807, 2.05) is 24.3 Å². The lowest BCUT2D eigenvalue weighted by Gasteiger charge is -2.38. The van der Waals surface area contributed by atoms with Crippen molar-refractivity contribution in [3.8, 4) is 0 Å². The van der Waals surface area contributed by atoms with E-state index in [0.29, 0.717) is 19.4 Å². The highest BCUT2D eigenvalue weighted by atomic mass is 32.1. The number of benzene rings is 1. The molecule has 1 aliphatic rings. The Bertz CT molecular complexity index is 715. The summed E-state index contributed by atoms with van der Waals surface area (Å²) in [5, 5.41) is 14.3. The van der Waals surface area contributed by atoms with Crippen molar-refractivity contribution in [2.24, 2.45) is 0 Å². The van der Waals surface area contributed by atoms with Crippen LogP contribution in [0.15, 0.2) is 30.3 Å². The van der Waals surface area contributed by atoms with Gasteiger partial charge in [0.2, 0.25) is 0 Å². The topological polar surface area (TPSA) is 32.3 Å². The first-order valence-corrected chi connectivity index (χ1v) is 11.1. The molecule has 4 heteroatoms. The molecular formula is C23H32FNOS. The average Bonchev–Trinajstić information content (AvgIpc) is 3.15. The number of hydrogen-bond donors (Lipinski definition) is 2. The van der Waals surface area contributed by atoms with Crippen LogP contribution in [0.25, 0.3) is 0 Å². The van der Waals surface area contributed by atoms with Gasteiger partial charge in [0.15, 0.2) is 0 Å². The molecule has 27 heavy (non-hydrogen) atoms. The Labute approximate surface area is 166 Å². The SMILES string of the molecule is CCc1ccc(C2(NC[C@@H](O)CCc3cc(C)cc(F)c3)CCCCC2)s1. The van der Waals surface area contributed by atoms with Gasteiger partial charge in [0, 0.05) is 16.3 Å². The van der Waals surface area contributed by atoms with Gasteiger partial charge in [-0.2, -0.15) is 0 Å². The Morgan fingerprint density at radius 3 is 2.63 bits per heavy atom. The summed E-state index contributed by atoms with van der Waals surface area (Å²) in [7, 11) is 0. The molecule has 2 aromatic rings. The average molecular weight is 390 g/mol. The van der Waals surface area contributed by atoms with Crippen LogP contribution >= 0.6 is 11.3 Å². The molecule has 0 spiro atoms. The molecular weight excluding hydrogens is 357 g/mol. The van der Waals surface area contributed by atoms with Gasteiger partial charge in [-0.05, 0) is 74.4 Å². The Hall–Kier alpha value is -1.23. The van der Waals surface area contributed by atoms with Crippen LogP contribution in [0.3, 0.4) is 0 Å². The maximum atomic E-state index is 13.5. The highest BCUT2D eigenvalue weighted by Crippen LogP contribution is 2.40. The van der Waals surface area contributed by atoms with Crippen molar-refractivity contribution in [3.05, 3.63) is 57.0 Å². The standard InChI is InChI=1S/C23H32FNOS/c1-3-21-9-10-22(27-21)23(11-5-4-6-12-23)25-16-20(26)8-7-18-13-17(2)14-19(24)15-18/h9-10,13-15,20,25-26H,3-8,11-12,16H2,1-2H3/t20-/m0/s1. The third kappa shape index (κ3) is 5.40. The first-order chi connectivity index (χ1) is 13.0. The van der Waals surface area contributed by atoms with Gasteiger partial charge < -0.3 is 10.4 Å². The molecule has 1 fully saturated rings. The van der Waals surface area contributed by atoms with Gasteiger partial charge in [-0.1, -0.05) is 32.3 Å². The zero-order valence-corrected chi connectivity index (χ0v) is 17.4. The summed E-state index contributed by atoms with van der Waals surface area (Å²) in [6.45, 7) is 4.70. The summed E-state index contributed by atoms with van der Waals surface area (Å²) < 4.78 is 13.5. The van der Waals surface area contributed by atoms with Gasteiger partial charge in [-0.15, -0.1) is 11.3 Å². The third-order valence-electron chi connectivity index (χ3n) is 5.73. The first-order valence-electron chi connectivity index (χ1n) is 10.3. The molecule has 1 heterocycles. The lowest BCUT2D eigenvalue weighted by Crippen LogP contribution is -2.46. The van der Waals surface area contributed by atoms with Crippen LogP contribution < -0.4 is 5.32 Å². The summed E-state index contributed by atoms with van der Waals surface area (Å²) in [5.41, 5.74) is 1.92. The van der Waals surface area contributed by atoms with Crippen molar-refractivity contribution in [1.82, 2.24) is 5.32 Å². The fourth-order valence-electron chi connectivity index (χ4n) is 4.20. The van der Waals surface area contributed by atoms with Crippen LogP contribution in [-0.4, -0.2) is 17.8 Å². The van der Waals surface area contributed by atoms with Gasteiger partial charge in [-0.25, -0.2) is 4.39 Å². The summed E-state index contributed by atoms with van der Waals surface area (Å²) in [6, 6.07) is 9.65. The van der Waals surface area contributed by atoms with Crippen molar-refractivity contribution in [1.29, 1.82) is 0 Å². The Balaban J connectivity index is 1.59. The van der Waals surface area contributed by atoms with Gasteiger partial charge >= 0.3 is 0 Å². The largest absolute Gasteiger partial charge is 0.392 e. The second-order valence-corrected chi connectivity index (χ2v) is 9.14. The molecule has 0 amide bonds. The molecule has 1 atom stereocenters. The molecule has 0 radical (unpaired) electrons. The molecule has 1 aliphatic carbocycles. The monoisotopic (exact) mass is 389 g/mol.